The highest BCUT2D eigenvalue weighted by molar-refractivity contribution is 6.30. The average Bonchev–Trinajstić information content (AvgIpc) is 2.52. The molecule has 2 aromatic rings. The van der Waals surface area contributed by atoms with Crippen molar-refractivity contribution in [3.63, 3.8) is 0 Å². The number of ether oxygens (including phenoxy) is 2. The lowest BCUT2D eigenvalue weighted by atomic mass is 9.99. The zero-order chi connectivity index (χ0) is 17.0. The van der Waals surface area contributed by atoms with Crippen LogP contribution >= 0.6 is 11.6 Å². The molecule has 2 rings (SSSR count). The molecule has 7 heteroatoms. The number of esters is 1. The molecule has 0 aliphatic heterocycles. The topological polar surface area (TPSA) is 55.8 Å². The number of rotatable bonds is 5. The Labute approximate surface area is 136 Å². The second-order valence-electron chi connectivity index (χ2n) is 4.62. The Kier molecular flexibility index (Phi) is 5.52. The molecule has 23 heavy (non-hydrogen) atoms. The van der Waals surface area contributed by atoms with E-state index in [0.717, 1.165) is 13.2 Å². The molecule has 0 aliphatic carbocycles. The Balaban J connectivity index is 2.45. The Hall–Kier alpha value is -2.18. The minimum absolute atomic E-state index is 0.0123. The quantitative estimate of drug-likeness (QED) is 0.839. The Morgan fingerprint density at radius 3 is 2.52 bits per heavy atom. The van der Waals surface area contributed by atoms with Crippen molar-refractivity contribution in [3.8, 4) is 5.75 Å². The number of aliphatic hydroxyl groups is 1. The summed E-state index contributed by atoms with van der Waals surface area (Å²) < 4.78 is 33.7. The summed E-state index contributed by atoms with van der Waals surface area (Å²) >= 11 is 5.87. The molecule has 0 aromatic heterocycles. The first-order valence-corrected chi connectivity index (χ1v) is 6.90. The van der Waals surface area contributed by atoms with Gasteiger partial charge in [0.25, 0.3) is 0 Å². The summed E-state index contributed by atoms with van der Waals surface area (Å²) in [5, 5.41) is 10.8. The van der Waals surface area contributed by atoms with Crippen LogP contribution in [0.15, 0.2) is 42.5 Å². The molecule has 0 saturated carbocycles. The molecule has 1 N–H and O–H groups in total. The standard InChI is InChI=1S/C16H13ClF2O4/c1-22-15(21)11-5-10(7-13(8-11)23-16(18)19)14(20)9-3-2-4-12(17)6-9/h2-8,14,16,20H,1H3. The SMILES string of the molecule is COC(=O)c1cc(OC(F)F)cc(C(O)c2cccc(Cl)c2)c1. The highest BCUT2D eigenvalue weighted by atomic mass is 35.5. The number of benzene rings is 2. The van der Waals surface area contributed by atoms with E-state index in [2.05, 4.69) is 9.47 Å². The lowest BCUT2D eigenvalue weighted by molar-refractivity contribution is -0.0500. The van der Waals surface area contributed by atoms with Gasteiger partial charge in [0.15, 0.2) is 0 Å². The molecule has 0 saturated heterocycles. The van der Waals surface area contributed by atoms with Gasteiger partial charge in [0.05, 0.1) is 12.7 Å². The number of hydrogen-bond donors (Lipinski definition) is 1. The van der Waals surface area contributed by atoms with E-state index >= 15 is 0 Å². The third-order valence-electron chi connectivity index (χ3n) is 3.06. The third-order valence-corrected chi connectivity index (χ3v) is 3.29. The average molecular weight is 343 g/mol. The first-order valence-electron chi connectivity index (χ1n) is 6.52. The van der Waals surface area contributed by atoms with Crippen LogP contribution in [-0.4, -0.2) is 24.8 Å². The molecule has 0 heterocycles. The first-order chi connectivity index (χ1) is 10.9. The number of aliphatic hydroxyl groups excluding tert-OH is 1. The van der Waals surface area contributed by atoms with Crippen molar-refractivity contribution in [1.29, 1.82) is 0 Å². The van der Waals surface area contributed by atoms with Gasteiger partial charge in [0, 0.05) is 5.02 Å². The summed E-state index contributed by atoms with van der Waals surface area (Å²) in [6.07, 6.45) is -1.17. The third kappa shape index (κ3) is 4.40. The van der Waals surface area contributed by atoms with Crippen LogP contribution in [0.3, 0.4) is 0 Å². The summed E-state index contributed by atoms with van der Waals surface area (Å²) in [5.74, 6) is -0.983. The van der Waals surface area contributed by atoms with Crippen molar-refractivity contribution in [2.75, 3.05) is 7.11 Å². The van der Waals surface area contributed by atoms with E-state index in [4.69, 9.17) is 11.6 Å². The van der Waals surface area contributed by atoms with Crippen molar-refractivity contribution < 1.29 is 28.2 Å². The summed E-state index contributed by atoms with van der Waals surface area (Å²) in [6.45, 7) is -3.06. The molecule has 2 aromatic carbocycles. The van der Waals surface area contributed by atoms with Crippen molar-refractivity contribution in [1.82, 2.24) is 0 Å². The van der Waals surface area contributed by atoms with Crippen LogP contribution in [-0.2, 0) is 4.74 Å². The van der Waals surface area contributed by atoms with E-state index < -0.39 is 18.7 Å². The van der Waals surface area contributed by atoms with Gasteiger partial charge in [-0.25, -0.2) is 4.79 Å². The fourth-order valence-electron chi connectivity index (χ4n) is 2.06. The van der Waals surface area contributed by atoms with Gasteiger partial charge >= 0.3 is 12.6 Å². The number of alkyl halides is 2. The van der Waals surface area contributed by atoms with Crippen molar-refractivity contribution in [2.24, 2.45) is 0 Å². The molecule has 122 valence electrons. The van der Waals surface area contributed by atoms with E-state index in [1.165, 1.54) is 18.2 Å². The van der Waals surface area contributed by atoms with Crippen LogP contribution in [0.4, 0.5) is 8.78 Å². The van der Waals surface area contributed by atoms with E-state index in [9.17, 15) is 18.7 Å². The lowest BCUT2D eigenvalue weighted by Gasteiger charge is -2.15. The molecular formula is C16H13ClF2O4. The van der Waals surface area contributed by atoms with Gasteiger partial charge in [0.1, 0.15) is 11.9 Å². The smallest absolute Gasteiger partial charge is 0.387 e. The Morgan fingerprint density at radius 2 is 1.91 bits per heavy atom. The normalized spacial score (nSPS) is 12.1. The van der Waals surface area contributed by atoms with E-state index in [1.807, 2.05) is 0 Å². The van der Waals surface area contributed by atoms with Gasteiger partial charge in [-0.2, -0.15) is 8.78 Å². The van der Waals surface area contributed by atoms with Gasteiger partial charge in [-0.3, -0.25) is 0 Å². The van der Waals surface area contributed by atoms with Crippen LogP contribution in [0, 0.1) is 0 Å². The number of carbonyl (C=O) groups is 1. The molecule has 0 radical (unpaired) electrons. The molecule has 1 atom stereocenters. The number of hydrogen-bond acceptors (Lipinski definition) is 4. The molecule has 1 unspecified atom stereocenters. The maximum absolute atomic E-state index is 12.4. The zero-order valence-electron chi connectivity index (χ0n) is 12.0. The lowest BCUT2D eigenvalue weighted by Crippen LogP contribution is -2.08. The zero-order valence-corrected chi connectivity index (χ0v) is 12.8. The van der Waals surface area contributed by atoms with Crippen molar-refractivity contribution in [3.05, 3.63) is 64.2 Å². The fourth-order valence-corrected chi connectivity index (χ4v) is 2.25. The maximum atomic E-state index is 12.4. The van der Waals surface area contributed by atoms with E-state index in [-0.39, 0.29) is 16.9 Å². The monoisotopic (exact) mass is 342 g/mol. The molecular weight excluding hydrogens is 330 g/mol. The van der Waals surface area contributed by atoms with Crippen LogP contribution in [0.25, 0.3) is 0 Å². The summed E-state index contributed by atoms with van der Waals surface area (Å²) in [4.78, 5) is 11.6. The fraction of sp³-hybridized carbons (Fsp3) is 0.188. The van der Waals surface area contributed by atoms with Gasteiger partial charge in [-0.05, 0) is 41.5 Å². The largest absolute Gasteiger partial charge is 0.465 e. The van der Waals surface area contributed by atoms with Crippen molar-refractivity contribution >= 4 is 17.6 Å². The molecule has 4 nitrogen and oxygen atoms in total. The van der Waals surface area contributed by atoms with Crippen LogP contribution in [0.5, 0.6) is 5.75 Å². The minimum Gasteiger partial charge on any atom is -0.465 e. The Morgan fingerprint density at radius 1 is 1.17 bits per heavy atom. The highest BCUT2D eigenvalue weighted by Gasteiger charge is 2.17. The van der Waals surface area contributed by atoms with E-state index in [0.29, 0.717) is 10.6 Å². The Bertz CT molecular complexity index is 706. The minimum atomic E-state index is -3.06. The second-order valence-corrected chi connectivity index (χ2v) is 5.05. The number of carbonyl (C=O) groups excluding carboxylic acids is 1. The van der Waals surface area contributed by atoms with Gasteiger partial charge < -0.3 is 14.6 Å². The number of methoxy groups -OCH3 is 1. The van der Waals surface area contributed by atoms with E-state index in [1.54, 1.807) is 18.2 Å². The van der Waals surface area contributed by atoms with Gasteiger partial charge in [-0.15, -0.1) is 0 Å². The molecule has 0 amide bonds. The molecule has 0 fully saturated rings. The first kappa shape index (κ1) is 17.2. The molecule has 0 bridgehead atoms. The van der Waals surface area contributed by atoms with Gasteiger partial charge in [0.2, 0.25) is 0 Å². The summed E-state index contributed by atoms with van der Waals surface area (Å²) in [7, 11) is 1.16. The van der Waals surface area contributed by atoms with Crippen molar-refractivity contribution in [2.45, 2.75) is 12.7 Å². The summed E-state index contributed by atoms with van der Waals surface area (Å²) in [6, 6.07) is 10.1. The van der Waals surface area contributed by atoms with Gasteiger partial charge in [-0.1, -0.05) is 23.7 Å². The maximum Gasteiger partial charge on any atom is 0.387 e. The van der Waals surface area contributed by atoms with Crippen LogP contribution < -0.4 is 4.74 Å². The molecule has 0 spiro atoms. The number of halogens is 3. The predicted octanol–water partition coefficient (Wildman–Crippen LogP) is 3.81. The van der Waals surface area contributed by atoms with Crippen LogP contribution in [0.1, 0.15) is 27.6 Å². The molecule has 0 aliphatic rings. The second kappa shape index (κ2) is 7.39. The summed E-state index contributed by atoms with van der Waals surface area (Å²) in [5.41, 5.74) is 0.634. The highest BCUT2D eigenvalue weighted by Crippen LogP contribution is 2.29. The van der Waals surface area contributed by atoms with Crippen LogP contribution in [0.2, 0.25) is 5.02 Å². The predicted molar refractivity (Wildman–Crippen MR) is 79.9 cm³/mol.